The zero-order valence-corrected chi connectivity index (χ0v) is 12.0. The molecule has 7 heteroatoms. The van der Waals surface area contributed by atoms with Gasteiger partial charge in [-0.05, 0) is 13.8 Å². The molecule has 98 valence electrons. The van der Waals surface area contributed by atoms with E-state index in [1.54, 1.807) is 0 Å². The van der Waals surface area contributed by atoms with E-state index >= 15 is 0 Å². The summed E-state index contributed by atoms with van der Waals surface area (Å²) >= 11 is 6.13. The highest BCUT2D eigenvalue weighted by molar-refractivity contribution is 8.24. The van der Waals surface area contributed by atoms with Crippen LogP contribution >= 0.6 is 24.0 Å². The van der Waals surface area contributed by atoms with E-state index in [-0.39, 0.29) is 0 Å². The molecule has 0 rings (SSSR count). The molecule has 0 unspecified atom stereocenters. The minimum atomic E-state index is -1.06. The molecule has 0 saturated heterocycles. The van der Waals surface area contributed by atoms with Crippen LogP contribution in [0.25, 0.3) is 0 Å². The fourth-order valence-electron chi connectivity index (χ4n) is 1.06. The van der Waals surface area contributed by atoms with Crippen molar-refractivity contribution in [1.29, 1.82) is 0 Å². The van der Waals surface area contributed by atoms with Crippen LogP contribution in [-0.4, -0.2) is 53.7 Å². The highest BCUT2D eigenvalue weighted by atomic mass is 32.2. The second-order valence-electron chi connectivity index (χ2n) is 2.98. The number of rotatable bonds is 5. The van der Waals surface area contributed by atoms with Gasteiger partial charge in [-0.25, -0.2) is 0 Å². The first-order valence-electron chi connectivity index (χ1n) is 5.12. The second kappa shape index (κ2) is 8.30. The molecule has 0 fully saturated rings. The van der Waals surface area contributed by atoms with E-state index in [9.17, 15) is 9.59 Å². The standard InChI is InChI=1S/C10H17NO4S2/c1-5-11(6-2)10(16)17-7(8(12)14-3)9(13)15-4/h7H,5-6H2,1-4H3. The summed E-state index contributed by atoms with van der Waals surface area (Å²) in [4.78, 5) is 24.7. The van der Waals surface area contributed by atoms with Gasteiger partial charge in [0.1, 0.15) is 4.32 Å². The van der Waals surface area contributed by atoms with Crippen LogP contribution in [0.4, 0.5) is 0 Å². The number of ether oxygens (including phenoxy) is 2. The quantitative estimate of drug-likeness (QED) is 0.424. The molecule has 0 aromatic heterocycles. The van der Waals surface area contributed by atoms with Gasteiger partial charge in [-0.1, -0.05) is 24.0 Å². The third-order valence-corrected chi connectivity index (χ3v) is 3.70. The maximum atomic E-state index is 11.4. The molecule has 0 aliphatic rings. The average molecular weight is 279 g/mol. The van der Waals surface area contributed by atoms with Gasteiger partial charge in [-0.3, -0.25) is 9.59 Å². The van der Waals surface area contributed by atoms with Gasteiger partial charge in [-0.15, -0.1) is 0 Å². The van der Waals surface area contributed by atoms with Crippen LogP contribution in [0.15, 0.2) is 0 Å². The molecule has 0 N–H and O–H groups in total. The Kier molecular flexibility index (Phi) is 7.90. The Morgan fingerprint density at radius 2 is 1.59 bits per heavy atom. The van der Waals surface area contributed by atoms with Crippen molar-refractivity contribution in [2.75, 3.05) is 27.3 Å². The summed E-state index contributed by atoms with van der Waals surface area (Å²) in [6.07, 6.45) is 0. The average Bonchev–Trinajstić information content (AvgIpc) is 2.35. The van der Waals surface area contributed by atoms with Crippen molar-refractivity contribution >= 4 is 40.2 Å². The van der Waals surface area contributed by atoms with E-state index in [1.807, 2.05) is 18.7 Å². The molecule has 0 bridgehead atoms. The van der Waals surface area contributed by atoms with Crippen LogP contribution in [0, 0.1) is 0 Å². The topological polar surface area (TPSA) is 55.8 Å². The first kappa shape index (κ1) is 16.2. The van der Waals surface area contributed by atoms with E-state index < -0.39 is 17.2 Å². The molecule has 0 heterocycles. The van der Waals surface area contributed by atoms with Crippen LogP contribution in [0.2, 0.25) is 0 Å². The third kappa shape index (κ3) is 4.91. The lowest BCUT2D eigenvalue weighted by Gasteiger charge is -2.22. The Morgan fingerprint density at radius 3 is 1.88 bits per heavy atom. The van der Waals surface area contributed by atoms with Crippen LogP contribution in [0.5, 0.6) is 0 Å². The second-order valence-corrected chi connectivity index (χ2v) is 4.72. The lowest BCUT2D eigenvalue weighted by molar-refractivity contribution is -0.150. The van der Waals surface area contributed by atoms with Crippen molar-refractivity contribution < 1.29 is 19.1 Å². The molecule has 17 heavy (non-hydrogen) atoms. The van der Waals surface area contributed by atoms with Gasteiger partial charge in [0, 0.05) is 13.1 Å². The van der Waals surface area contributed by atoms with E-state index in [2.05, 4.69) is 9.47 Å². The molecule has 0 aliphatic heterocycles. The molecule has 0 aliphatic carbocycles. The first-order valence-corrected chi connectivity index (χ1v) is 6.41. The summed E-state index contributed by atoms with van der Waals surface area (Å²) in [5.41, 5.74) is 0. The zero-order valence-electron chi connectivity index (χ0n) is 10.4. The first-order chi connectivity index (χ1) is 8.01. The SMILES string of the molecule is CCN(CC)C(=S)SC(C(=O)OC)C(=O)OC. The highest BCUT2D eigenvalue weighted by Crippen LogP contribution is 2.19. The van der Waals surface area contributed by atoms with Crippen LogP contribution in [-0.2, 0) is 19.1 Å². The fourth-order valence-corrected chi connectivity index (χ4v) is 2.60. The van der Waals surface area contributed by atoms with E-state index in [4.69, 9.17) is 12.2 Å². The minimum absolute atomic E-state index is 0.482. The number of hydrogen-bond donors (Lipinski definition) is 0. The molecular formula is C10H17NO4S2. The molecule has 0 aromatic rings. The monoisotopic (exact) mass is 279 g/mol. The summed E-state index contributed by atoms with van der Waals surface area (Å²) in [5.74, 6) is -1.31. The van der Waals surface area contributed by atoms with Gasteiger partial charge in [0.15, 0.2) is 0 Å². The number of hydrogen-bond acceptors (Lipinski definition) is 6. The van der Waals surface area contributed by atoms with Gasteiger partial charge in [0.25, 0.3) is 0 Å². The van der Waals surface area contributed by atoms with Crippen LogP contribution in [0.1, 0.15) is 13.8 Å². The Morgan fingerprint density at radius 1 is 1.18 bits per heavy atom. The summed E-state index contributed by atoms with van der Waals surface area (Å²) in [6.45, 7) is 5.33. The van der Waals surface area contributed by atoms with Crippen molar-refractivity contribution in [3.63, 3.8) is 0 Å². The van der Waals surface area contributed by atoms with E-state index in [0.29, 0.717) is 4.32 Å². The van der Waals surface area contributed by atoms with Crippen molar-refractivity contribution in [3.8, 4) is 0 Å². The number of nitrogens with zero attached hydrogens (tertiary/aromatic N) is 1. The Labute approximate surface area is 111 Å². The smallest absolute Gasteiger partial charge is 0.330 e. The Hall–Kier alpha value is -0.820. The lowest BCUT2D eigenvalue weighted by atomic mass is 10.4. The van der Waals surface area contributed by atoms with E-state index in [0.717, 1.165) is 24.9 Å². The van der Waals surface area contributed by atoms with Gasteiger partial charge < -0.3 is 14.4 Å². The maximum absolute atomic E-state index is 11.4. The van der Waals surface area contributed by atoms with Gasteiger partial charge >= 0.3 is 11.9 Å². The number of thioether (sulfide) groups is 1. The highest BCUT2D eigenvalue weighted by Gasteiger charge is 2.31. The van der Waals surface area contributed by atoms with Crippen molar-refractivity contribution in [2.45, 2.75) is 19.1 Å². The van der Waals surface area contributed by atoms with Crippen molar-refractivity contribution in [3.05, 3.63) is 0 Å². The molecule has 0 saturated carbocycles. The van der Waals surface area contributed by atoms with Crippen molar-refractivity contribution in [1.82, 2.24) is 4.90 Å². The summed E-state index contributed by atoms with van der Waals surface area (Å²) in [6, 6.07) is 0. The fraction of sp³-hybridized carbons (Fsp3) is 0.700. The number of esters is 2. The van der Waals surface area contributed by atoms with Gasteiger partial charge in [0.2, 0.25) is 5.25 Å². The molecule has 0 aromatic carbocycles. The van der Waals surface area contributed by atoms with Crippen molar-refractivity contribution in [2.24, 2.45) is 0 Å². The Balaban J connectivity index is 4.69. The predicted molar refractivity (Wildman–Crippen MR) is 70.9 cm³/mol. The van der Waals surface area contributed by atoms with Gasteiger partial charge in [0.05, 0.1) is 14.2 Å². The number of carbonyl (C=O) groups excluding carboxylic acids is 2. The third-order valence-electron chi connectivity index (χ3n) is 2.07. The van der Waals surface area contributed by atoms with E-state index in [1.165, 1.54) is 14.2 Å². The van der Waals surface area contributed by atoms with Crippen LogP contribution in [0.3, 0.4) is 0 Å². The summed E-state index contributed by atoms with van der Waals surface area (Å²) in [7, 11) is 2.44. The maximum Gasteiger partial charge on any atom is 0.330 e. The molecular weight excluding hydrogens is 262 g/mol. The summed E-state index contributed by atoms with van der Waals surface area (Å²) < 4.78 is 9.57. The molecule has 0 radical (unpaired) electrons. The molecule has 0 spiro atoms. The molecule has 0 amide bonds. The van der Waals surface area contributed by atoms with Crippen LogP contribution < -0.4 is 0 Å². The predicted octanol–water partition coefficient (Wildman–Crippen LogP) is 1.06. The summed E-state index contributed by atoms with van der Waals surface area (Å²) in [5, 5.41) is -1.06. The number of thiocarbonyl (C=S) groups is 1. The number of carbonyl (C=O) groups is 2. The minimum Gasteiger partial charge on any atom is -0.468 e. The lowest BCUT2D eigenvalue weighted by Crippen LogP contribution is -2.35. The molecule has 5 nitrogen and oxygen atoms in total. The largest absolute Gasteiger partial charge is 0.468 e. The molecule has 0 atom stereocenters. The normalized spacial score (nSPS) is 9.94. The Bertz CT molecular complexity index is 276. The zero-order chi connectivity index (χ0) is 13.4. The number of methoxy groups -OCH3 is 2. The van der Waals surface area contributed by atoms with Gasteiger partial charge in [-0.2, -0.15) is 0 Å².